The Balaban J connectivity index is 1.16. The van der Waals surface area contributed by atoms with Gasteiger partial charge in [0.1, 0.15) is 22.3 Å². The number of benzene rings is 7. The molecule has 0 amide bonds. The third kappa shape index (κ3) is 5.93. The lowest BCUT2D eigenvalue weighted by molar-refractivity contribution is 0.665. The predicted octanol–water partition coefficient (Wildman–Crippen LogP) is 15.4. The summed E-state index contributed by atoms with van der Waals surface area (Å²) in [7, 11) is 0. The number of rotatable bonds is 8. The first-order valence-electron chi connectivity index (χ1n) is 21.3. The fraction of sp³-hybridized carbons (Fsp3) is 0.0345. The van der Waals surface area contributed by atoms with Gasteiger partial charge in [-0.25, -0.2) is 9.97 Å². The summed E-state index contributed by atoms with van der Waals surface area (Å²) in [6.45, 7) is 8.08. The highest BCUT2D eigenvalue weighted by atomic mass is 16.3. The van der Waals surface area contributed by atoms with Gasteiger partial charge < -0.3 is 13.4 Å². The van der Waals surface area contributed by atoms with Gasteiger partial charge in [0.2, 0.25) is 0 Å². The van der Waals surface area contributed by atoms with Gasteiger partial charge in [0.05, 0.1) is 27.8 Å². The molecule has 298 valence electrons. The number of nitrogens with zero attached hydrogens (tertiary/aromatic N) is 3. The van der Waals surface area contributed by atoms with Crippen molar-refractivity contribution >= 4 is 88.1 Å². The average Bonchev–Trinajstić information content (AvgIpc) is 4.01. The van der Waals surface area contributed by atoms with Gasteiger partial charge in [0.25, 0.3) is 0 Å². The summed E-state index contributed by atoms with van der Waals surface area (Å²) in [5.41, 5.74) is 14.9. The van der Waals surface area contributed by atoms with Gasteiger partial charge in [-0.3, -0.25) is 0 Å². The Morgan fingerprint density at radius 3 is 1.98 bits per heavy atom. The molecule has 1 aliphatic carbocycles. The summed E-state index contributed by atoms with van der Waals surface area (Å²) in [6, 6.07) is 59.8. The third-order valence-electron chi connectivity index (χ3n) is 12.5. The molecule has 4 aromatic heterocycles. The minimum absolute atomic E-state index is 0.0619. The van der Waals surface area contributed by atoms with Crippen molar-refractivity contribution in [2.75, 3.05) is 0 Å². The fourth-order valence-corrected chi connectivity index (χ4v) is 9.70. The summed E-state index contributed by atoms with van der Waals surface area (Å²) < 4.78 is 15.8. The first-order valence-corrected chi connectivity index (χ1v) is 21.3. The van der Waals surface area contributed by atoms with Crippen molar-refractivity contribution in [3.05, 3.63) is 230 Å². The van der Waals surface area contributed by atoms with E-state index in [0.29, 0.717) is 12.2 Å². The van der Waals surface area contributed by atoms with Gasteiger partial charge in [0, 0.05) is 55.3 Å². The highest BCUT2D eigenvalue weighted by Crippen LogP contribution is 2.50. The maximum absolute atomic E-state index is 6.99. The predicted molar refractivity (Wildman–Crippen MR) is 261 cm³/mol. The number of allylic oxidation sites excluding steroid dienone is 8. The topological polar surface area (TPSA) is 57.0 Å². The van der Waals surface area contributed by atoms with Crippen LogP contribution in [0.15, 0.2) is 216 Å². The molecule has 0 spiro atoms. The molecule has 63 heavy (non-hydrogen) atoms. The summed E-state index contributed by atoms with van der Waals surface area (Å²) in [6.07, 6.45) is 8.52. The summed E-state index contributed by atoms with van der Waals surface area (Å²) in [4.78, 5) is 10.4. The third-order valence-corrected chi connectivity index (χ3v) is 12.5. The fourth-order valence-electron chi connectivity index (χ4n) is 9.70. The second-order valence-electron chi connectivity index (χ2n) is 16.1. The zero-order valence-electron chi connectivity index (χ0n) is 34.3. The summed E-state index contributed by atoms with van der Waals surface area (Å²) in [5.74, 6) is 0.542. The number of hydrogen-bond acceptors (Lipinski definition) is 4. The maximum Gasteiger partial charge on any atom is 0.160 e. The van der Waals surface area contributed by atoms with Crippen LogP contribution in [0.1, 0.15) is 35.0 Å². The van der Waals surface area contributed by atoms with Crippen LogP contribution in [0.25, 0.3) is 99.4 Å². The van der Waals surface area contributed by atoms with Gasteiger partial charge in [-0.2, -0.15) is 0 Å². The number of fused-ring (bicyclic) bond motifs is 10. The van der Waals surface area contributed by atoms with E-state index in [2.05, 4.69) is 163 Å². The average molecular weight is 810 g/mol. The second-order valence-corrected chi connectivity index (χ2v) is 16.1. The maximum atomic E-state index is 6.99. The first kappa shape index (κ1) is 36.6. The van der Waals surface area contributed by atoms with Crippen molar-refractivity contribution in [2.24, 2.45) is 0 Å². The van der Waals surface area contributed by atoms with E-state index in [4.69, 9.17) is 18.8 Å². The zero-order chi connectivity index (χ0) is 42.0. The molecule has 1 unspecified atom stereocenters. The molecule has 4 heterocycles. The summed E-state index contributed by atoms with van der Waals surface area (Å²) >= 11 is 0. The van der Waals surface area contributed by atoms with Gasteiger partial charge in [-0.1, -0.05) is 159 Å². The molecule has 0 bridgehead atoms. The first-order chi connectivity index (χ1) is 31.1. The van der Waals surface area contributed by atoms with E-state index in [0.717, 1.165) is 105 Å². The number of para-hydroxylation sites is 2. The molecule has 11 aromatic rings. The Labute approximate surface area is 363 Å². The Morgan fingerprint density at radius 2 is 1.22 bits per heavy atom. The molecule has 5 heteroatoms. The molecule has 1 aliphatic rings. The van der Waals surface area contributed by atoms with Crippen LogP contribution in [-0.2, 0) is 0 Å². The van der Waals surface area contributed by atoms with Crippen LogP contribution in [0.5, 0.6) is 0 Å². The minimum atomic E-state index is -0.0619. The van der Waals surface area contributed by atoms with E-state index in [9.17, 15) is 0 Å². The SMILES string of the molecule is C=C/C=C(\C=C)c1nc(C2=CC(c3ccccc3)=C(n3c4ccccc4c4c5oc6cc7c(cc6c5ccc43)oc3ccccc37)C(c3ccccc3)C2)cc(-c2ccccc2)n1. The van der Waals surface area contributed by atoms with E-state index in [1.807, 2.05) is 36.4 Å². The molecule has 0 saturated heterocycles. The molecular formula is C58H39N3O2. The molecule has 0 radical (unpaired) electrons. The lowest BCUT2D eigenvalue weighted by atomic mass is 9.79. The molecule has 7 aromatic carbocycles. The Kier molecular flexibility index (Phi) is 8.54. The van der Waals surface area contributed by atoms with E-state index in [1.165, 1.54) is 11.3 Å². The van der Waals surface area contributed by atoms with Crippen molar-refractivity contribution in [1.29, 1.82) is 0 Å². The van der Waals surface area contributed by atoms with Crippen LogP contribution < -0.4 is 0 Å². The molecular weight excluding hydrogens is 771 g/mol. The Morgan fingerprint density at radius 1 is 0.571 bits per heavy atom. The lowest BCUT2D eigenvalue weighted by Gasteiger charge is -2.31. The van der Waals surface area contributed by atoms with E-state index in [1.54, 1.807) is 12.2 Å². The molecule has 5 nitrogen and oxygen atoms in total. The second kappa shape index (κ2) is 14.7. The highest BCUT2D eigenvalue weighted by Gasteiger charge is 2.32. The summed E-state index contributed by atoms with van der Waals surface area (Å²) in [5, 5.41) is 6.44. The lowest BCUT2D eigenvalue weighted by Crippen LogP contribution is -2.15. The van der Waals surface area contributed by atoms with Crippen molar-refractivity contribution in [1.82, 2.24) is 14.5 Å². The van der Waals surface area contributed by atoms with Crippen molar-refractivity contribution in [3.63, 3.8) is 0 Å². The number of hydrogen-bond donors (Lipinski definition) is 0. The van der Waals surface area contributed by atoms with Gasteiger partial charge in [0.15, 0.2) is 5.82 Å². The van der Waals surface area contributed by atoms with Crippen LogP contribution in [0.2, 0.25) is 0 Å². The Bertz CT molecular complexity index is 3730. The quantitative estimate of drug-likeness (QED) is 0.143. The molecule has 0 saturated carbocycles. The monoisotopic (exact) mass is 809 g/mol. The molecule has 0 fully saturated rings. The zero-order valence-corrected chi connectivity index (χ0v) is 34.3. The molecule has 1 atom stereocenters. The molecule has 0 aliphatic heterocycles. The molecule has 0 N–H and O–H groups in total. The normalized spacial score (nSPS) is 14.7. The van der Waals surface area contributed by atoms with Gasteiger partial charge >= 0.3 is 0 Å². The standard InChI is InChI=1S/C58H39N3O2/c1-3-18-36(4-2)58-59-48(39-23-12-7-13-24-39)35-49(60-58)40-31-44(37-19-8-5-9-20-37)56(45(32-40)38-21-10-6-11-22-38)61-50-27-16-14-26-43(50)55-51(61)30-29-42-47-34-53-46(33-54(47)63-57(42)55)41-25-15-17-28-52(41)62-53/h3-31,33-35,45H,1-2,32H2/b36-18+. The van der Waals surface area contributed by atoms with Crippen LogP contribution in [-0.4, -0.2) is 14.5 Å². The highest BCUT2D eigenvalue weighted by molar-refractivity contribution is 6.26. The number of aromatic nitrogens is 3. The molecule has 12 rings (SSSR count). The van der Waals surface area contributed by atoms with Crippen LogP contribution >= 0.6 is 0 Å². The van der Waals surface area contributed by atoms with E-state index >= 15 is 0 Å². The van der Waals surface area contributed by atoms with Gasteiger partial charge in [-0.05, 0) is 71.7 Å². The van der Waals surface area contributed by atoms with Gasteiger partial charge in [-0.15, -0.1) is 0 Å². The number of furan rings is 2. The minimum Gasteiger partial charge on any atom is -0.456 e. The largest absolute Gasteiger partial charge is 0.456 e. The van der Waals surface area contributed by atoms with Crippen LogP contribution in [0.4, 0.5) is 0 Å². The van der Waals surface area contributed by atoms with Crippen molar-refractivity contribution in [3.8, 4) is 11.3 Å². The smallest absolute Gasteiger partial charge is 0.160 e. The van der Waals surface area contributed by atoms with Crippen LogP contribution in [0, 0.1) is 0 Å². The Hall–Kier alpha value is -8.28. The van der Waals surface area contributed by atoms with E-state index < -0.39 is 0 Å². The van der Waals surface area contributed by atoms with Crippen molar-refractivity contribution in [2.45, 2.75) is 12.3 Å². The van der Waals surface area contributed by atoms with Crippen LogP contribution in [0.3, 0.4) is 0 Å². The van der Waals surface area contributed by atoms with E-state index in [-0.39, 0.29) is 5.92 Å². The van der Waals surface area contributed by atoms with Crippen molar-refractivity contribution < 1.29 is 8.83 Å².